The Morgan fingerprint density at radius 3 is 2.97 bits per heavy atom. The summed E-state index contributed by atoms with van der Waals surface area (Å²) in [6.07, 6.45) is 6.33. The lowest BCUT2D eigenvalue weighted by Gasteiger charge is -2.27. The van der Waals surface area contributed by atoms with Gasteiger partial charge in [0.2, 0.25) is 0 Å². The third kappa shape index (κ3) is 4.61. The van der Waals surface area contributed by atoms with E-state index in [4.69, 9.17) is 14.2 Å². The highest BCUT2D eigenvalue weighted by Crippen LogP contribution is 2.41. The molecule has 1 atom stereocenters. The second-order valence-electron chi connectivity index (χ2n) is 8.06. The molecule has 2 aliphatic heterocycles. The molecule has 162 valence electrons. The minimum Gasteiger partial charge on any atom is -0.492 e. The molecule has 1 saturated heterocycles. The number of ether oxygens (including phenoxy) is 3. The molecule has 4 heterocycles. The fourth-order valence-corrected chi connectivity index (χ4v) is 5.02. The van der Waals surface area contributed by atoms with Crippen molar-refractivity contribution in [3.8, 4) is 11.5 Å². The van der Waals surface area contributed by atoms with Gasteiger partial charge in [-0.05, 0) is 48.2 Å². The van der Waals surface area contributed by atoms with Crippen molar-refractivity contribution in [3.63, 3.8) is 0 Å². The maximum atomic E-state index is 6.30. The van der Waals surface area contributed by atoms with Crippen molar-refractivity contribution in [1.82, 2.24) is 9.88 Å². The van der Waals surface area contributed by atoms with Gasteiger partial charge < -0.3 is 14.2 Å². The molecule has 5 nitrogen and oxygen atoms in total. The largest absolute Gasteiger partial charge is 0.492 e. The highest BCUT2D eigenvalue weighted by molar-refractivity contribution is 7.17. The van der Waals surface area contributed by atoms with E-state index < -0.39 is 0 Å². The van der Waals surface area contributed by atoms with E-state index in [9.17, 15) is 0 Å². The summed E-state index contributed by atoms with van der Waals surface area (Å²) in [5, 5.41) is 3.27. The third-order valence-electron chi connectivity index (χ3n) is 5.92. The van der Waals surface area contributed by atoms with Crippen LogP contribution in [0.4, 0.5) is 0 Å². The summed E-state index contributed by atoms with van der Waals surface area (Å²) in [6, 6.07) is 10.4. The second-order valence-corrected chi connectivity index (χ2v) is 9.01. The van der Waals surface area contributed by atoms with Crippen LogP contribution in [0.15, 0.2) is 48.0 Å². The van der Waals surface area contributed by atoms with E-state index in [1.807, 2.05) is 18.3 Å². The quantitative estimate of drug-likeness (QED) is 0.501. The highest BCUT2D eigenvalue weighted by Gasteiger charge is 2.24. The average molecular weight is 437 g/mol. The minimum absolute atomic E-state index is 0.298. The molecule has 6 heteroatoms. The smallest absolute Gasteiger partial charge is 0.149 e. The molecule has 1 fully saturated rings. The topological polar surface area (TPSA) is 43.8 Å². The van der Waals surface area contributed by atoms with E-state index in [-0.39, 0.29) is 0 Å². The fourth-order valence-electron chi connectivity index (χ4n) is 4.22. The Morgan fingerprint density at radius 2 is 2.10 bits per heavy atom. The zero-order valence-electron chi connectivity index (χ0n) is 17.9. The predicted molar refractivity (Wildman–Crippen MR) is 125 cm³/mol. The van der Waals surface area contributed by atoms with Crippen LogP contribution in [0.25, 0.3) is 15.8 Å². The van der Waals surface area contributed by atoms with Crippen LogP contribution < -0.4 is 9.47 Å². The van der Waals surface area contributed by atoms with Crippen LogP contribution in [0.5, 0.6) is 11.5 Å². The van der Waals surface area contributed by atoms with Gasteiger partial charge in [-0.3, -0.25) is 9.88 Å². The van der Waals surface area contributed by atoms with E-state index in [1.54, 1.807) is 11.3 Å². The summed E-state index contributed by atoms with van der Waals surface area (Å²) in [4.78, 5) is 7.03. The molecule has 0 bridgehead atoms. The van der Waals surface area contributed by atoms with Crippen LogP contribution in [-0.4, -0.2) is 49.3 Å². The number of hydrogen-bond acceptors (Lipinski definition) is 6. The first-order chi connectivity index (χ1) is 15.3. The minimum atomic E-state index is 0.298. The molecule has 0 N–H and O–H groups in total. The van der Waals surface area contributed by atoms with Gasteiger partial charge in [-0.2, -0.15) is 0 Å². The lowest BCUT2D eigenvalue weighted by Crippen LogP contribution is -2.38. The van der Waals surface area contributed by atoms with Gasteiger partial charge in [0.05, 0.1) is 13.2 Å². The van der Waals surface area contributed by atoms with E-state index in [2.05, 4.69) is 46.5 Å². The summed E-state index contributed by atoms with van der Waals surface area (Å²) >= 11 is 1.73. The number of morpholine rings is 1. The number of rotatable bonds is 7. The average Bonchev–Trinajstić information content (AvgIpc) is 3.28. The Labute approximate surface area is 187 Å². The fraction of sp³-hybridized carbons (Fsp3) is 0.400. The molecule has 2 aromatic heterocycles. The molecular weight excluding hydrogens is 408 g/mol. The lowest BCUT2D eigenvalue weighted by atomic mass is 9.90. The molecule has 0 radical (unpaired) electrons. The number of aromatic nitrogens is 1. The molecule has 2 aliphatic rings. The van der Waals surface area contributed by atoms with Crippen molar-refractivity contribution >= 4 is 27.2 Å². The number of benzene rings is 1. The molecule has 0 saturated carbocycles. The van der Waals surface area contributed by atoms with E-state index in [0.717, 1.165) is 68.6 Å². The van der Waals surface area contributed by atoms with Gasteiger partial charge in [0.1, 0.15) is 29.6 Å². The lowest BCUT2D eigenvalue weighted by molar-refractivity contribution is 0.0322. The summed E-state index contributed by atoms with van der Waals surface area (Å²) in [5.41, 5.74) is 2.10. The SMILES string of the molecule is CCCC1C=C(c2cc3sccc3cn2)Oc2ccc(OCCN3CCOCC3)cc21. The number of nitrogens with zero attached hydrogens (tertiary/aromatic N) is 2. The van der Waals surface area contributed by atoms with Gasteiger partial charge in [-0.1, -0.05) is 13.3 Å². The van der Waals surface area contributed by atoms with E-state index >= 15 is 0 Å². The zero-order chi connectivity index (χ0) is 21.0. The maximum absolute atomic E-state index is 6.30. The summed E-state index contributed by atoms with van der Waals surface area (Å²) in [6.45, 7) is 7.44. The standard InChI is InChI=1S/C25H28N2O3S/c1-2-3-18-14-24(22-16-25-19(17-26-22)6-13-31-25)30-23-5-4-20(15-21(18)23)29-12-9-27-7-10-28-11-8-27/h4-6,13-18H,2-3,7-12H2,1H3. The molecule has 0 amide bonds. The molecular formula is C25H28N2O3S. The van der Waals surface area contributed by atoms with Gasteiger partial charge >= 0.3 is 0 Å². The molecule has 5 rings (SSSR count). The van der Waals surface area contributed by atoms with Crippen molar-refractivity contribution in [3.05, 3.63) is 59.2 Å². The van der Waals surface area contributed by atoms with Crippen LogP contribution in [-0.2, 0) is 4.74 Å². The molecule has 0 aliphatic carbocycles. The summed E-state index contributed by atoms with van der Waals surface area (Å²) in [7, 11) is 0. The molecule has 31 heavy (non-hydrogen) atoms. The first-order valence-corrected chi connectivity index (χ1v) is 12.0. The van der Waals surface area contributed by atoms with Crippen LogP contribution >= 0.6 is 11.3 Å². The van der Waals surface area contributed by atoms with Gasteiger partial charge in [-0.25, -0.2) is 0 Å². The molecule has 1 aromatic carbocycles. The van der Waals surface area contributed by atoms with Crippen LogP contribution in [0, 0.1) is 0 Å². The van der Waals surface area contributed by atoms with Crippen molar-refractivity contribution < 1.29 is 14.2 Å². The number of hydrogen-bond donors (Lipinski definition) is 0. The Hall–Kier alpha value is -2.41. The first kappa shape index (κ1) is 20.5. The number of thiophene rings is 1. The highest BCUT2D eigenvalue weighted by atomic mass is 32.1. The molecule has 3 aromatic rings. The van der Waals surface area contributed by atoms with Crippen LogP contribution in [0.1, 0.15) is 36.9 Å². The second kappa shape index (κ2) is 9.39. The maximum Gasteiger partial charge on any atom is 0.149 e. The molecule has 1 unspecified atom stereocenters. The Bertz CT molecular complexity index is 1070. The zero-order valence-corrected chi connectivity index (χ0v) is 18.7. The predicted octanol–water partition coefficient (Wildman–Crippen LogP) is 5.32. The Balaban J connectivity index is 1.32. The van der Waals surface area contributed by atoms with Crippen LogP contribution in [0.2, 0.25) is 0 Å². The normalized spacial score (nSPS) is 19.0. The number of allylic oxidation sites excluding steroid dienone is 1. The van der Waals surface area contributed by atoms with Gasteiger partial charge in [0, 0.05) is 47.4 Å². The van der Waals surface area contributed by atoms with E-state index in [0.29, 0.717) is 12.5 Å². The van der Waals surface area contributed by atoms with Crippen molar-refractivity contribution in [2.45, 2.75) is 25.7 Å². The number of pyridine rings is 1. The van der Waals surface area contributed by atoms with Crippen LogP contribution in [0.3, 0.4) is 0 Å². The monoisotopic (exact) mass is 436 g/mol. The number of fused-ring (bicyclic) bond motifs is 2. The summed E-state index contributed by atoms with van der Waals surface area (Å²) in [5.74, 6) is 2.96. The van der Waals surface area contributed by atoms with Gasteiger partial charge in [0.15, 0.2) is 0 Å². The molecule has 0 spiro atoms. The first-order valence-electron chi connectivity index (χ1n) is 11.1. The Morgan fingerprint density at radius 1 is 1.19 bits per heavy atom. The van der Waals surface area contributed by atoms with Gasteiger partial charge in [-0.15, -0.1) is 11.3 Å². The van der Waals surface area contributed by atoms with Gasteiger partial charge in [0.25, 0.3) is 0 Å². The summed E-state index contributed by atoms with van der Waals surface area (Å²) < 4.78 is 19.0. The van der Waals surface area contributed by atoms with Crippen molar-refractivity contribution in [1.29, 1.82) is 0 Å². The third-order valence-corrected chi connectivity index (χ3v) is 6.80. The van der Waals surface area contributed by atoms with E-state index in [1.165, 1.54) is 15.6 Å². The van der Waals surface area contributed by atoms with Crippen molar-refractivity contribution in [2.24, 2.45) is 0 Å². The van der Waals surface area contributed by atoms with Crippen molar-refractivity contribution in [2.75, 3.05) is 39.5 Å². The Kier molecular flexibility index (Phi) is 6.20.